The van der Waals surface area contributed by atoms with Gasteiger partial charge in [0.15, 0.2) is 5.82 Å². The molecular formula is C14H23N5O2. The fourth-order valence-electron chi connectivity index (χ4n) is 2.40. The Morgan fingerprint density at radius 1 is 1.43 bits per heavy atom. The molecule has 1 aromatic rings. The van der Waals surface area contributed by atoms with E-state index in [4.69, 9.17) is 10.5 Å². The normalized spacial score (nSPS) is 16.4. The van der Waals surface area contributed by atoms with Gasteiger partial charge < -0.3 is 20.7 Å². The third kappa shape index (κ3) is 3.74. The van der Waals surface area contributed by atoms with Crippen LogP contribution < -0.4 is 15.8 Å². The van der Waals surface area contributed by atoms with E-state index in [0.717, 1.165) is 25.9 Å². The van der Waals surface area contributed by atoms with Gasteiger partial charge in [0.1, 0.15) is 18.1 Å². The lowest BCUT2D eigenvalue weighted by Gasteiger charge is -2.29. The van der Waals surface area contributed by atoms with E-state index < -0.39 is 0 Å². The fourth-order valence-corrected chi connectivity index (χ4v) is 2.40. The second-order valence-electron chi connectivity index (χ2n) is 5.13. The first-order valence-corrected chi connectivity index (χ1v) is 7.42. The Balaban J connectivity index is 2.03. The highest BCUT2D eigenvalue weighted by atomic mass is 16.5. The Bertz CT molecular complexity index is 488. The highest BCUT2D eigenvalue weighted by Gasteiger charge is 2.23. The summed E-state index contributed by atoms with van der Waals surface area (Å²) in [7, 11) is 0. The number of anilines is 2. The monoisotopic (exact) mass is 293 g/mol. The number of hydrogen-bond acceptors (Lipinski definition) is 6. The minimum atomic E-state index is -0.380. The molecule has 2 rings (SSSR count). The highest BCUT2D eigenvalue weighted by Crippen LogP contribution is 2.25. The minimum Gasteiger partial charge on any atom is -0.476 e. The Morgan fingerprint density at radius 3 is 2.81 bits per heavy atom. The molecule has 0 saturated carbocycles. The Kier molecular flexibility index (Phi) is 5.19. The van der Waals surface area contributed by atoms with Crippen LogP contribution in [0.4, 0.5) is 11.5 Å². The lowest BCUT2D eigenvalue weighted by Crippen LogP contribution is -2.44. The number of nitrogens with zero attached hydrogens (tertiary/aromatic N) is 3. The van der Waals surface area contributed by atoms with Gasteiger partial charge in [0, 0.05) is 13.1 Å². The summed E-state index contributed by atoms with van der Waals surface area (Å²) in [6.45, 7) is 5.81. The van der Waals surface area contributed by atoms with Crippen LogP contribution in [0.1, 0.15) is 33.1 Å². The number of nitrogens with one attached hydrogen (secondary N) is 1. The van der Waals surface area contributed by atoms with Crippen molar-refractivity contribution in [3.05, 3.63) is 6.33 Å². The average molecular weight is 293 g/mol. The number of likely N-dealkylation sites (tertiary alicyclic amines) is 1. The average Bonchev–Trinajstić information content (AvgIpc) is 2.51. The molecular weight excluding hydrogens is 270 g/mol. The minimum absolute atomic E-state index is 0.0747. The van der Waals surface area contributed by atoms with Gasteiger partial charge in [-0.15, -0.1) is 0 Å². The molecule has 0 aliphatic carbocycles. The van der Waals surface area contributed by atoms with Crippen molar-refractivity contribution in [2.75, 3.05) is 30.7 Å². The lowest BCUT2D eigenvalue weighted by molar-refractivity contribution is -0.132. The van der Waals surface area contributed by atoms with Crippen molar-refractivity contribution >= 4 is 17.4 Å². The van der Waals surface area contributed by atoms with Crippen molar-refractivity contribution < 1.29 is 9.53 Å². The highest BCUT2D eigenvalue weighted by molar-refractivity contribution is 5.85. The third-order valence-electron chi connectivity index (χ3n) is 3.52. The maximum absolute atomic E-state index is 12.4. The molecule has 3 N–H and O–H groups in total. The van der Waals surface area contributed by atoms with Gasteiger partial charge in [0.25, 0.3) is 0 Å². The lowest BCUT2D eigenvalue weighted by atomic mass is 10.1. The molecule has 0 bridgehead atoms. The number of nitrogen functional groups attached to an aromatic ring is 1. The number of nitrogens with two attached hydrogens (primary N) is 1. The Morgan fingerprint density at radius 2 is 2.14 bits per heavy atom. The van der Waals surface area contributed by atoms with E-state index >= 15 is 0 Å². The van der Waals surface area contributed by atoms with Crippen molar-refractivity contribution in [1.82, 2.24) is 14.9 Å². The number of carbonyl (C=O) groups excluding carboxylic acids is 1. The fraction of sp³-hybridized carbons (Fsp3) is 0.643. The van der Waals surface area contributed by atoms with Gasteiger partial charge >= 0.3 is 0 Å². The van der Waals surface area contributed by atoms with Gasteiger partial charge in [-0.1, -0.05) is 0 Å². The molecule has 116 valence electrons. The topological polar surface area (TPSA) is 93.4 Å². The molecule has 0 radical (unpaired) electrons. The molecule has 21 heavy (non-hydrogen) atoms. The zero-order chi connectivity index (χ0) is 15.2. The molecule has 1 atom stereocenters. The van der Waals surface area contributed by atoms with Gasteiger partial charge in [-0.05, 0) is 33.1 Å². The first-order chi connectivity index (χ1) is 10.1. The molecule has 1 saturated heterocycles. The third-order valence-corrected chi connectivity index (χ3v) is 3.52. The number of piperidine rings is 1. The van der Waals surface area contributed by atoms with Crippen molar-refractivity contribution in [2.24, 2.45) is 0 Å². The molecule has 1 unspecified atom stereocenters. The first-order valence-electron chi connectivity index (χ1n) is 7.42. The maximum atomic E-state index is 12.4. The van der Waals surface area contributed by atoms with E-state index in [0.29, 0.717) is 24.0 Å². The quantitative estimate of drug-likeness (QED) is 0.849. The maximum Gasteiger partial charge on any atom is 0.244 e. The number of hydrogen-bond donors (Lipinski definition) is 2. The molecule has 1 aliphatic rings. The summed E-state index contributed by atoms with van der Waals surface area (Å²) in [4.78, 5) is 22.3. The second kappa shape index (κ2) is 7.10. The predicted molar refractivity (Wildman–Crippen MR) is 81.1 cm³/mol. The molecule has 1 aromatic heterocycles. The summed E-state index contributed by atoms with van der Waals surface area (Å²) < 4.78 is 5.32. The number of aromatic nitrogens is 2. The summed E-state index contributed by atoms with van der Waals surface area (Å²) in [5.74, 6) is 0.851. The van der Waals surface area contributed by atoms with Crippen LogP contribution in [0.25, 0.3) is 0 Å². The summed E-state index contributed by atoms with van der Waals surface area (Å²) in [6, 6.07) is -0.380. The van der Waals surface area contributed by atoms with Crippen LogP contribution in [-0.2, 0) is 4.79 Å². The summed E-state index contributed by atoms with van der Waals surface area (Å²) in [6.07, 6.45) is 4.72. The van der Waals surface area contributed by atoms with Gasteiger partial charge in [-0.25, -0.2) is 4.98 Å². The largest absolute Gasteiger partial charge is 0.476 e. The van der Waals surface area contributed by atoms with E-state index in [2.05, 4.69) is 15.3 Å². The molecule has 7 heteroatoms. The Hall–Kier alpha value is -2.05. The van der Waals surface area contributed by atoms with Crippen LogP contribution in [0.5, 0.6) is 5.88 Å². The molecule has 1 amide bonds. The van der Waals surface area contributed by atoms with E-state index in [9.17, 15) is 4.79 Å². The van der Waals surface area contributed by atoms with Crippen molar-refractivity contribution in [3.63, 3.8) is 0 Å². The van der Waals surface area contributed by atoms with Gasteiger partial charge in [0.05, 0.1) is 6.61 Å². The van der Waals surface area contributed by atoms with Crippen LogP contribution in [0.2, 0.25) is 0 Å². The summed E-state index contributed by atoms with van der Waals surface area (Å²) >= 11 is 0. The van der Waals surface area contributed by atoms with Gasteiger partial charge in [-0.3, -0.25) is 4.79 Å². The zero-order valence-corrected chi connectivity index (χ0v) is 12.6. The Labute approximate surface area is 124 Å². The summed E-state index contributed by atoms with van der Waals surface area (Å²) in [5, 5.41) is 3.06. The van der Waals surface area contributed by atoms with Crippen LogP contribution in [-0.4, -0.2) is 46.5 Å². The number of carbonyl (C=O) groups is 1. The van der Waals surface area contributed by atoms with E-state index in [1.54, 1.807) is 0 Å². The molecule has 0 spiro atoms. The smallest absolute Gasteiger partial charge is 0.244 e. The second-order valence-corrected chi connectivity index (χ2v) is 5.13. The molecule has 1 fully saturated rings. The predicted octanol–water partition coefficient (Wildman–Crippen LogP) is 1.27. The van der Waals surface area contributed by atoms with Crippen LogP contribution in [0.15, 0.2) is 6.33 Å². The summed E-state index contributed by atoms with van der Waals surface area (Å²) in [5.41, 5.74) is 6.29. The first kappa shape index (κ1) is 15.3. The standard InChI is InChI=1S/C14H23N5O2/c1-3-21-13-11(15)12(16-9-17-13)18-10(2)14(20)19-7-5-4-6-8-19/h9-10H,3-8,15H2,1-2H3,(H,16,17,18). The SMILES string of the molecule is CCOc1ncnc(NC(C)C(=O)N2CCCCC2)c1N. The number of amides is 1. The van der Waals surface area contributed by atoms with E-state index in [-0.39, 0.29) is 11.9 Å². The van der Waals surface area contributed by atoms with Crippen molar-refractivity contribution in [1.29, 1.82) is 0 Å². The van der Waals surface area contributed by atoms with Crippen molar-refractivity contribution in [2.45, 2.75) is 39.2 Å². The molecule has 0 aromatic carbocycles. The van der Waals surface area contributed by atoms with Crippen LogP contribution in [0, 0.1) is 0 Å². The molecule has 1 aliphatic heterocycles. The van der Waals surface area contributed by atoms with E-state index in [1.165, 1.54) is 12.7 Å². The van der Waals surface area contributed by atoms with Crippen LogP contribution >= 0.6 is 0 Å². The zero-order valence-electron chi connectivity index (χ0n) is 12.6. The molecule has 7 nitrogen and oxygen atoms in total. The van der Waals surface area contributed by atoms with Crippen LogP contribution in [0.3, 0.4) is 0 Å². The van der Waals surface area contributed by atoms with Gasteiger partial charge in [0.2, 0.25) is 11.8 Å². The number of ether oxygens (including phenoxy) is 1. The number of rotatable bonds is 5. The van der Waals surface area contributed by atoms with Gasteiger partial charge in [-0.2, -0.15) is 4.98 Å². The van der Waals surface area contributed by atoms with E-state index in [1.807, 2.05) is 18.7 Å². The van der Waals surface area contributed by atoms with Crippen molar-refractivity contribution in [3.8, 4) is 5.88 Å². The molecule has 2 heterocycles.